The van der Waals surface area contributed by atoms with Gasteiger partial charge in [-0.25, -0.2) is 4.79 Å². The Balaban J connectivity index is 1.70. The van der Waals surface area contributed by atoms with Gasteiger partial charge in [0.05, 0.1) is 0 Å². The molecule has 1 saturated heterocycles. The van der Waals surface area contributed by atoms with Crippen molar-refractivity contribution >= 4 is 17.8 Å². The Labute approximate surface area is 160 Å². The minimum atomic E-state index is -1.02. The van der Waals surface area contributed by atoms with Crippen LogP contribution in [0.15, 0.2) is 24.3 Å². The molecule has 0 aromatic heterocycles. The summed E-state index contributed by atoms with van der Waals surface area (Å²) in [5, 5.41) is 5.78. The highest BCUT2D eigenvalue weighted by Crippen LogP contribution is 2.39. The first-order chi connectivity index (χ1) is 12.8. The van der Waals surface area contributed by atoms with Crippen molar-refractivity contribution in [2.75, 3.05) is 6.54 Å². The maximum atomic E-state index is 13.2. The smallest absolute Gasteiger partial charge is 0.325 e. The maximum Gasteiger partial charge on any atom is 0.325 e. The van der Waals surface area contributed by atoms with Crippen molar-refractivity contribution in [2.45, 2.75) is 64.5 Å². The van der Waals surface area contributed by atoms with Crippen molar-refractivity contribution in [3.05, 3.63) is 35.4 Å². The second kappa shape index (κ2) is 7.71. The van der Waals surface area contributed by atoms with Crippen LogP contribution in [0.4, 0.5) is 4.79 Å². The molecule has 0 radical (unpaired) electrons. The van der Waals surface area contributed by atoms with Gasteiger partial charge in [0.15, 0.2) is 0 Å². The minimum absolute atomic E-state index is 0.0185. The highest BCUT2D eigenvalue weighted by molar-refractivity contribution is 6.09. The topological polar surface area (TPSA) is 78.5 Å². The van der Waals surface area contributed by atoms with Crippen LogP contribution >= 0.6 is 0 Å². The summed E-state index contributed by atoms with van der Waals surface area (Å²) in [6.45, 7) is 6.00. The summed E-state index contributed by atoms with van der Waals surface area (Å²) in [4.78, 5) is 39.1. The highest BCUT2D eigenvalue weighted by Gasteiger charge is 2.54. The lowest BCUT2D eigenvalue weighted by Gasteiger charge is -2.33. The third-order valence-electron chi connectivity index (χ3n) is 5.54. The molecule has 0 unspecified atom stereocenters. The van der Waals surface area contributed by atoms with Crippen molar-refractivity contribution in [3.63, 3.8) is 0 Å². The number of hydrogen-bond donors (Lipinski definition) is 2. The SMILES string of the molecule is CC(C)CC[C@@H](C)NC(=O)CN1C(=O)N[C@]2(CCCc3ccccc32)C1=O. The highest BCUT2D eigenvalue weighted by atomic mass is 16.2. The van der Waals surface area contributed by atoms with Crippen LogP contribution in [0.3, 0.4) is 0 Å². The van der Waals surface area contributed by atoms with Crippen molar-refractivity contribution in [2.24, 2.45) is 5.92 Å². The van der Waals surface area contributed by atoms with Gasteiger partial charge in [0, 0.05) is 6.04 Å². The summed E-state index contributed by atoms with van der Waals surface area (Å²) in [5.74, 6) is -0.0398. The molecule has 1 aromatic carbocycles. The van der Waals surface area contributed by atoms with Crippen LogP contribution in [-0.4, -0.2) is 35.3 Å². The Hall–Kier alpha value is -2.37. The third kappa shape index (κ3) is 3.84. The Kier molecular flexibility index (Phi) is 5.53. The molecule has 2 N–H and O–H groups in total. The fourth-order valence-corrected chi connectivity index (χ4v) is 4.07. The number of carbonyl (C=O) groups is 3. The van der Waals surface area contributed by atoms with Gasteiger partial charge in [-0.05, 0) is 56.1 Å². The molecule has 3 rings (SSSR count). The van der Waals surface area contributed by atoms with E-state index in [1.54, 1.807) is 0 Å². The van der Waals surface area contributed by atoms with Gasteiger partial charge in [-0.1, -0.05) is 38.1 Å². The molecule has 6 nitrogen and oxygen atoms in total. The first-order valence-electron chi connectivity index (χ1n) is 9.85. The summed E-state index contributed by atoms with van der Waals surface area (Å²) in [6, 6.07) is 7.28. The molecule has 0 bridgehead atoms. The lowest BCUT2D eigenvalue weighted by Crippen LogP contribution is -2.47. The largest absolute Gasteiger partial charge is 0.352 e. The molecule has 0 saturated carbocycles. The summed E-state index contributed by atoms with van der Waals surface area (Å²) in [7, 11) is 0. The maximum absolute atomic E-state index is 13.2. The molecular weight excluding hydrogens is 342 g/mol. The van der Waals surface area contributed by atoms with Crippen LogP contribution in [0.1, 0.15) is 57.6 Å². The molecule has 1 fully saturated rings. The van der Waals surface area contributed by atoms with Gasteiger partial charge < -0.3 is 10.6 Å². The molecule has 27 heavy (non-hydrogen) atoms. The lowest BCUT2D eigenvalue weighted by molar-refractivity contribution is -0.135. The van der Waals surface area contributed by atoms with E-state index in [-0.39, 0.29) is 24.4 Å². The van der Waals surface area contributed by atoms with Crippen LogP contribution in [0.5, 0.6) is 0 Å². The first kappa shape index (κ1) is 19.4. The molecule has 1 aliphatic heterocycles. The fourth-order valence-electron chi connectivity index (χ4n) is 4.07. The van der Waals surface area contributed by atoms with E-state index in [0.717, 1.165) is 41.7 Å². The second-order valence-corrected chi connectivity index (χ2v) is 8.18. The Morgan fingerprint density at radius 3 is 2.70 bits per heavy atom. The molecule has 1 heterocycles. The normalized spacial score (nSPS) is 22.7. The zero-order valence-corrected chi connectivity index (χ0v) is 16.4. The predicted octanol–water partition coefficient (Wildman–Crippen LogP) is 2.71. The van der Waals surface area contributed by atoms with E-state index in [1.165, 1.54) is 0 Å². The molecule has 2 atom stereocenters. The zero-order chi connectivity index (χ0) is 19.6. The molecule has 146 valence electrons. The van der Waals surface area contributed by atoms with Crippen molar-refractivity contribution in [1.29, 1.82) is 0 Å². The quantitative estimate of drug-likeness (QED) is 0.755. The van der Waals surface area contributed by atoms with Crippen molar-refractivity contribution in [3.8, 4) is 0 Å². The van der Waals surface area contributed by atoms with Gasteiger partial charge in [-0.3, -0.25) is 14.5 Å². The van der Waals surface area contributed by atoms with E-state index >= 15 is 0 Å². The number of hydrogen-bond acceptors (Lipinski definition) is 3. The Morgan fingerprint density at radius 1 is 1.22 bits per heavy atom. The second-order valence-electron chi connectivity index (χ2n) is 8.18. The third-order valence-corrected chi connectivity index (χ3v) is 5.54. The summed E-state index contributed by atoms with van der Waals surface area (Å²) in [5.41, 5.74) is 0.934. The minimum Gasteiger partial charge on any atom is -0.352 e. The first-order valence-corrected chi connectivity index (χ1v) is 9.85. The number of imide groups is 1. The van der Waals surface area contributed by atoms with Crippen LogP contribution in [-0.2, 0) is 21.5 Å². The van der Waals surface area contributed by atoms with E-state index in [1.807, 2.05) is 31.2 Å². The van der Waals surface area contributed by atoms with E-state index in [4.69, 9.17) is 0 Å². The van der Waals surface area contributed by atoms with E-state index in [0.29, 0.717) is 12.3 Å². The van der Waals surface area contributed by atoms with E-state index in [9.17, 15) is 14.4 Å². The van der Waals surface area contributed by atoms with Crippen molar-refractivity contribution in [1.82, 2.24) is 15.5 Å². The number of aryl methyl sites for hydroxylation is 1. The summed E-state index contributed by atoms with van der Waals surface area (Å²) < 4.78 is 0. The Morgan fingerprint density at radius 2 is 1.96 bits per heavy atom. The zero-order valence-electron chi connectivity index (χ0n) is 16.4. The molecule has 1 aromatic rings. The number of nitrogens with one attached hydrogen (secondary N) is 2. The van der Waals surface area contributed by atoms with Gasteiger partial charge in [0.2, 0.25) is 5.91 Å². The fraction of sp³-hybridized carbons (Fsp3) is 0.571. The molecular formula is C21H29N3O3. The summed E-state index contributed by atoms with van der Waals surface area (Å²) >= 11 is 0. The molecule has 1 aliphatic carbocycles. The molecule has 6 heteroatoms. The number of fused-ring (bicyclic) bond motifs is 2. The average Bonchev–Trinajstić information content (AvgIpc) is 2.85. The lowest BCUT2D eigenvalue weighted by atomic mass is 9.76. The van der Waals surface area contributed by atoms with Crippen LogP contribution in [0, 0.1) is 5.92 Å². The van der Waals surface area contributed by atoms with Gasteiger partial charge in [-0.2, -0.15) is 0 Å². The number of urea groups is 1. The molecule has 1 spiro atoms. The number of amides is 4. The van der Waals surface area contributed by atoms with Gasteiger partial charge in [-0.15, -0.1) is 0 Å². The van der Waals surface area contributed by atoms with Crippen LogP contribution < -0.4 is 10.6 Å². The van der Waals surface area contributed by atoms with Crippen molar-refractivity contribution < 1.29 is 14.4 Å². The van der Waals surface area contributed by atoms with Gasteiger partial charge in [0.25, 0.3) is 5.91 Å². The summed E-state index contributed by atoms with van der Waals surface area (Å²) in [6.07, 6.45) is 4.19. The monoisotopic (exact) mass is 371 g/mol. The van der Waals surface area contributed by atoms with E-state index < -0.39 is 11.6 Å². The predicted molar refractivity (Wildman–Crippen MR) is 103 cm³/mol. The average molecular weight is 371 g/mol. The van der Waals surface area contributed by atoms with Gasteiger partial charge in [0.1, 0.15) is 12.1 Å². The number of benzene rings is 1. The number of rotatable bonds is 6. The Bertz CT molecular complexity index is 746. The molecule has 2 aliphatic rings. The van der Waals surface area contributed by atoms with Crippen LogP contribution in [0.25, 0.3) is 0 Å². The number of nitrogens with zero attached hydrogens (tertiary/aromatic N) is 1. The van der Waals surface area contributed by atoms with E-state index in [2.05, 4.69) is 24.5 Å². The number of carbonyl (C=O) groups excluding carboxylic acids is 3. The standard InChI is InChI=1S/C21H29N3O3/c1-14(2)10-11-15(3)22-18(25)13-24-19(26)21(23-20(24)27)12-6-8-16-7-4-5-9-17(16)21/h4-5,7,9,14-15H,6,8,10-13H2,1-3H3,(H,22,25)(H,23,27)/t15-,21+/m1/s1. The molecule has 4 amide bonds. The van der Waals surface area contributed by atoms with Gasteiger partial charge >= 0.3 is 6.03 Å². The van der Waals surface area contributed by atoms with Crippen LogP contribution in [0.2, 0.25) is 0 Å².